The van der Waals surface area contributed by atoms with Gasteiger partial charge in [0.25, 0.3) is 0 Å². The molecule has 30 heavy (non-hydrogen) atoms. The van der Waals surface area contributed by atoms with Gasteiger partial charge in [0.2, 0.25) is 0 Å². The standard InChI is InChI=1S/C26H27O3P/c1-16-17(2)25-19(14-15-26(4,5)27-25)18(3)24(16)29-30-23-13-9-7-11-21(23)20-10-6-8-12-22(20)28-30/h6-13H,14-15H2,1-5H3. The molecule has 0 fully saturated rings. The van der Waals surface area contributed by atoms with Crippen LogP contribution in [-0.4, -0.2) is 5.60 Å². The maximum absolute atomic E-state index is 6.69. The molecule has 2 aliphatic heterocycles. The quantitative estimate of drug-likeness (QED) is 0.429. The van der Waals surface area contributed by atoms with E-state index in [1.807, 2.05) is 12.1 Å². The van der Waals surface area contributed by atoms with Crippen molar-refractivity contribution in [3.63, 3.8) is 0 Å². The zero-order chi connectivity index (χ0) is 21.0. The molecule has 0 aliphatic carbocycles. The molecule has 4 heteroatoms. The number of ether oxygens (including phenoxy) is 1. The largest absolute Gasteiger partial charge is 0.487 e. The van der Waals surface area contributed by atoms with Crippen molar-refractivity contribution >= 4 is 13.7 Å². The summed E-state index contributed by atoms with van der Waals surface area (Å²) < 4.78 is 19.5. The van der Waals surface area contributed by atoms with Crippen LogP contribution >= 0.6 is 8.38 Å². The van der Waals surface area contributed by atoms with Gasteiger partial charge in [-0.05, 0) is 81.8 Å². The highest BCUT2D eigenvalue weighted by molar-refractivity contribution is 7.57. The lowest BCUT2D eigenvalue weighted by Crippen LogP contribution is -2.33. The van der Waals surface area contributed by atoms with E-state index in [2.05, 4.69) is 71.0 Å². The molecule has 0 N–H and O–H groups in total. The average Bonchev–Trinajstić information content (AvgIpc) is 2.74. The zero-order valence-corrected chi connectivity index (χ0v) is 19.1. The lowest BCUT2D eigenvalue weighted by molar-refractivity contribution is 0.0832. The summed E-state index contributed by atoms with van der Waals surface area (Å²) in [5.41, 5.74) is 6.93. The summed E-state index contributed by atoms with van der Waals surface area (Å²) in [6.07, 6.45) is 2.01. The van der Waals surface area contributed by atoms with Gasteiger partial charge in [-0.3, -0.25) is 0 Å². The van der Waals surface area contributed by atoms with Crippen LogP contribution in [0.4, 0.5) is 0 Å². The van der Waals surface area contributed by atoms with E-state index in [1.165, 1.54) is 22.3 Å². The normalized spacial score (nSPS) is 18.4. The third-order valence-electron chi connectivity index (χ3n) is 6.30. The highest BCUT2D eigenvalue weighted by atomic mass is 31.2. The molecular weight excluding hydrogens is 391 g/mol. The molecule has 0 spiro atoms. The van der Waals surface area contributed by atoms with Crippen LogP contribution in [-0.2, 0) is 6.42 Å². The van der Waals surface area contributed by atoms with Gasteiger partial charge in [0.1, 0.15) is 22.8 Å². The van der Waals surface area contributed by atoms with Crippen LogP contribution in [0.1, 0.15) is 42.5 Å². The third-order valence-corrected chi connectivity index (χ3v) is 7.79. The van der Waals surface area contributed by atoms with Gasteiger partial charge in [-0.2, -0.15) is 0 Å². The van der Waals surface area contributed by atoms with Crippen LogP contribution in [0.15, 0.2) is 48.5 Å². The van der Waals surface area contributed by atoms with E-state index in [4.69, 9.17) is 13.8 Å². The Kier molecular flexibility index (Phi) is 4.56. The van der Waals surface area contributed by atoms with Gasteiger partial charge in [-0.1, -0.05) is 36.4 Å². The molecule has 0 bridgehead atoms. The lowest BCUT2D eigenvalue weighted by atomic mass is 9.88. The maximum atomic E-state index is 6.69. The second-order valence-corrected chi connectivity index (χ2v) is 10.2. The van der Waals surface area contributed by atoms with Gasteiger partial charge >= 0.3 is 8.38 Å². The first kappa shape index (κ1) is 19.5. The molecule has 3 aromatic rings. The van der Waals surface area contributed by atoms with Gasteiger partial charge < -0.3 is 13.8 Å². The second-order valence-electron chi connectivity index (χ2n) is 8.83. The first-order chi connectivity index (χ1) is 14.4. The molecule has 2 aliphatic rings. The van der Waals surface area contributed by atoms with E-state index >= 15 is 0 Å². The van der Waals surface area contributed by atoms with Crippen molar-refractivity contribution in [1.29, 1.82) is 0 Å². The molecule has 3 aromatic carbocycles. The van der Waals surface area contributed by atoms with Crippen LogP contribution in [0.25, 0.3) is 11.1 Å². The first-order valence-electron chi connectivity index (χ1n) is 10.5. The Morgan fingerprint density at radius 1 is 0.867 bits per heavy atom. The zero-order valence-electron chi connectivity index (χ0n) is 18.2. The predicted octanol–water partition coefficient (Wildman–Crippen LogP) is 6.79. The van der Waals surface area contributed by atoms with Crippen molar-refractivity contribution in [3.8, 4) is 28.4 Å². The average molecular weight is 418 g/mol. The Balaban J connectivity index is 1.58. The molecule has 2 heterocycles. The summed E-state index contributed by atoms with van der Waals surface area (Å²) >= 11 is 0. The number of benzene rings is 3. The van der Waals surface area contributed by atoms with Gasteiger partial charge in [-0.25, -0.2) is 0 Å². The highest BCUT2D eigenvalue weighted by Gasteiger charge is 2.34. The van der Waals surface area contributed by atoms with E-state index in [1.54, 1.807) is 0 Å². The fourth-order valence-electron chi connectivity index (χ4n) is 4.40. The molecular formula is C26H27O3P. The summed E-state index contributed by atoms with van der Waals surface area (Å²) in [4.78, 5) is 0. The number of rotatable bonds is 2. The summed E-state index contributed by atoms with van der Waals surface area (Å²) in [5, 5.41) is 1.12. The Labute approximate surface area is 179 Å². The minimum absolute atomic E-state index is 0.127. The minimum atomic E-state index is -1.27. The molecule has 3 nitrogen and oxygen atoms in total. The van der Waals surface area contributed by atoms with E-state index in [0.717, 1.165) is 46.5 Å². The maximum Gasteiger partial charge on any atom is 0.326 e. The molecule has 0 saturated heterocycles. The summed E-state index contributed by atoms with van der Waals surface area (Å²) in [6, 6.07) is 16.6. The van der Waals surface area contributed by atoms with Crippen molar-refractivity contribution in [2.45, 2.75) is 53.1 Å². The number of hydrogen-bond donors (Lipinski definition) is 0. The summed E-state index contributed by atoms with van der Waals surface area (Å²) in [6.45, 7) is 10.7. The minimum Gasteiger partial charge on any atom is -0.487 e. The van der Waals surface area contributed by atoms with Crippen molar-refractivity contribution in [1.82, 2.24) is 0 Å². The summed E-state index contributed by atoms with van der Waals surface area (Å²) in [5.74, 6) is 2.86. The van der Waals surface area contributed by atoms with Crippen LogP contribution in [0.5, 0.6) is 17.2 Å². The molecule has 0 aromatic heterocycles. The third kappa shape index (κ3) is 3.08. The molecule has 154 valence electrons. The predicted molar refractivity (Wildman–Crippen MR) is 123 cm³/mol. The van der Waals surface area contributed by atoms with Crippen molar-refractivity contribution in [2.75, 3.05) is 0 Å². The number of para-hydroxylation sites is 1. The number of fused-ring (bicyclic) bond motifs is 4. The van der Waals surface area contributed by atoms with Crippen LogP contribution in [0.3, 0.4) is 0 Å². The fraction of sp³-hybridized carbons (Fsp3) is 0.308. The van der Waals surface area contributed by atoms with Crippen molar-refractivity contribution < 1.29 is 13.8 Å². The molecule has 5 rings (SSSR count). The van der Waals surface area contributed by atoms with Gasteiger partial charge in [0.15, 0.2) is 0 Å². The van der Waals surface area contributed by atoms with Gasteiger partial charge in [-0.15, -0.1) is 0 Å². The smallest absolute Gasteiger partial charge is 0.326 e. The summed E-state index contributed by atoms with van der Waals surface area (Å²) in [7, 11) is -1.27. The SMILES string of the molecule is Cc1c(C)c2c(c(C)c1OP1Oc3ccccc3-c3ccccc31)CCC(C)(C)O2. The Bertz CT molecular complexity index is 1150. The molecule has 0 saturated carbocycles. The Hall–Kier alpha value is -2.51. The molecule has 0 amide bonds. The number of hydrogen-bond acceptors (Lipinski definition) is 3. The van der Waals surface area contributed by atoms with Crippen LogP contribution in [0.2, 0.25) is 0 Å². The van der Waals surface area contributed by atoms with Gasteiger partial charge in [0, 0.05) is 11.1 Å². The Morgan fingerprint density at radius 2 is 1.57 bits per heavy atom. The monoisotopic (exact) mass is 418 g/mol. The van der Waals surface area contributed by atoms with Crippen LogP contribution < -0.4 is 19.1 Å². The van der Waals surface area contributed by atoms with Gasteiger partial charge in [0.05, 0.1) is 5.30 Å². The van der Waals surface area contributed by atoms with E-state index in [0.29, 0.717) is 0 Å². The van der Waals surface area contributed by atoms with E-state index in [-0.39, 0.29) is 5.60 Å². The van der Waals surface area contributed by atoms with E-state index in [9.17, 15) is 0 Å². The van der Waals surface area contributed by atoms with Crippen LogP contribution in [0, 0.1) is 20.8 Å². The van der Waals surface area contributed by atoms with Crippen molar-refractivity contribution in [3.05, 3.63) is 70.8 Å². The molecule has 0 radical (unpaired) electrons. The van der Waals surface area contributed by atoms with E-state index < -0.39 is 8.38 Å². The molecule has 1 atom stereocenters. The Morgan fingerprint density at radius 3 is 2.37 bits per heavy atom. The van der Waals surface area contributed by atoms with Crippen molar-refractivity contribution in [2.24, 2.45) is 0 Å². The molecule has 1 unspecified atom stereocenters. The first-order valence-corrected chi connectivity index (χ1v) is 11.7. The fourth-order valence-corrected chi connectivity index (χ4v) is 6.01. The highest BCUT2D eigenvalue weighted by Crippen LogP contribution is 2.52. The lowest BCUT2D eigenvalue weighted by Gasteiger charge is -2.36. The topological polar surface area (TPSA) is 27.7 Å². The second kappa shape index (κ2) is 7.03.